The van der Waals surface area contributed by atoms with Crippen molar-refractivity contribution < 1.29 is 0 Å². The molecule has 9 heavy (non-hydrogen) atoms. The summed E-state index contributed by atoms with van der Waals surface area (Å²) in [6, 6.07) is 0. The minimum Gasteiger partial charge on any atom is -0.115 e. The summed E-state index contributed by atoms with van der Waals surface area (Å²) in [5.41, 5.74) is 0.924. The first-order chi connectivity index (χ1) is 4.31. The fraction of sp³-hybridized carbons (Fsp3) is 0.111. The lowest BCUT2D eigenvalue weighted by Crippen LogP contribution is -1.61. The fourth-order valence-electron chi connectivity index (χ4n) is 0.327. The Labute approximate surface area is 56.6 Å². The van der Waals surface area contributed by atoms with Crippen LogP contribution in [0, 0.1) is 12.3 Å². The maximum Gasteiger partial charge on any atom is -0.00135 e. The lowest BCUT2D eigenvalue weighted by Gasteiger charge is -1.78. The third-order valence-electron chi connectivity index (χ3n) is 0.821. The van der Waals surface area contributed by atoms with Crippen LogP contribution in [0.1, 0.15) is 6.92 Å². The van der Waals surface area contributed by atoms with E-state index in [1.54, 1.807) is 6.08 Å². The summed E-state index contributed by atoms with van der Waals surface area (Å²) >= 11 is 0. The maximum absolute atomic E-state index is 5.08. The monoisotopic (exact) mass is 118 g/mol. The highest BCUT2D eigenvalue weighted by atomic mass is 13.8. The topological polar surface area (TPSA) is 0 Å². The van der Waals surface area contributed by atoms with Gasteiger partial charge in [-0.3, -0.25) is 0 Å². The Balaban J connectivity index is 3.86. The SMILES string of the molecule is C#C/C(C)=C/C=C\C=C. The van der Waals surface area contributed by atoms with Gasteiger partial charge in [-0.1, -0.05) is 36.8 Å². The summed E-state index contributed by atoms with van der Waals surface area (Å²) < 4.78 is 0. The van der Waals surface area contributed by atoms with Gasteiger partial charge in [-0.2, -0.15) is 0 Å². The van der Waals surface area contributed by atoms with Crippen molar-refractivity contribution in [2.75, 3.05) is 0 Å². The third kappa shape index (κ3) is 4.64. The van der Waals surface area contributed by atoms with Gasteiger partial charge in [-0.25, -0.2) is 0 Å². The predicted octanol–water partition coefficient (Wildman–Crippen LogP) is 2.31. The molecule has 0 fully saturated rings. The van der Waals surface area contributed by atoms with E-state index in [1.807, 2.05) is 25.2 Å². The molecular weight excluding hydrogens is 108 g/mol. The van der Waals surface area contributed by atoms with Gasteiger partial charge in [0.25, 0.3) is 0 Å². The first-order valence-electron chi connectivity index (χ1n) is 2.74. The Hall–Kier alpha value is -1.22. The molecule has 0 saturated heterocycles. The van der Waals surface area contributed by atoms with Crippen molar-refractivity contribution in [3.63, 3.8) is 0 Å². The molecule has 0 saturated carbocycles. The molecule has 0 aliphatic carbocycles. The second kappa shape index (κ2) is 4.93. The molecule has 0 bridgehead atoms. The van der Waals surface area contributed by atoms with Crippen molar-refractivity contribution in [3.8, 4) is 12.3 Å². The minimum absolute atomic E-state index is 0.924. The van der Waals surface area contributed by atoms with Gasteiger partial charge in [0.2, 0.25) is 0 Å². The number of terminal acetylenes is 1. The summed E-state index contributed by atoms with van der Waals surface area (Å²) in [6.45, 7) is 5.40. The third-order valence-corrected chi connectivity index (χ3v) is 0.821. The van der Waals surface area contributed by atoms with E-state index in [0.29, 0.717) is 0 Å². The van der Waals surface area contributed by atoms with Crippen molar-refractivity contribution in [1.29, 1.82) is 0 Å². The van der Waals surface area contributed by atoms with Gasteiger partial charge < -0.3 is 0 Å². The summed E-state index contributed by atoms with van der Waals surface area (Å²) in [6.07, 6.45) is 12.3. The van der Waals surface area contributed by atoms with Crippen molar-refractivity contribution in [2.45, 2.75) is 6.92 Å². The van der Waals surface area contributed by atoms with Gasteiger partial charge in [0, 0.05) is 0 Å². The van der Waals surface area contributed by atoms with Gasteiger partial charge in [0.05, 0.1) is 0 Å². The average Bonchev–Trinajstić information content (AvgIpc) is 1.89. The Kier molecular flexibility index (Phi) is 4.26. The van der Waals surface area contributed by atoms with Crippen LogP contribution in [-0.2, 0) is 0 Å². The van der Waals surface area contributed by atoms with Gasteiger partial charge in [0.15, 0.2) is 0 Å². The van der Waals surface area contributed by atoms with E-state index in [4.69, 9.17) is 6.42 Å². The molecule has 0 atom stereocenters. The molecule has 0 aromatic carbocycles. The Morgan fingerprint density at radius 1 is 1.56 bits per heavy atom. The van der Waals surface area contributed by atoms with E-state index in [0.717, 1.165) is 5.57 Å². The van der Waals surface area contributed by atoms with Crippen molar-refractivity contribution in [1.82, 2.24) is 0 Å². The molecule has 0 aromatic heterocycles. The highest BCUT2D eigenvalue weighted by Crippen LogP contribution is 1.88. The van der Waals surface area contributed by atoms with E-state index >= 15 is 0 Å². The summed E-state index contributed by atoms with van der Waals surface area (Å²) in [5, 5.41) is 0. The van der Waals surface area contributed by atoms with Crippen LogP contribution < -0.4 is 0 Å². The normalized spacial score (nSPS) is 11.3. The second-order valence-corrected chi connectivity index (χ2v) is 1.61. The number of hydrogen-bond acceptors (Lipinski definition) is 0. The van der Waals surface area contributed by atoms with Gasteiger partial charge in [-0.05, 0) is 12.5 Å². The fourth-order valence-corrected chi connectivity index (χ4v) is 0.327. The highest BCUT2D eigenvalue weighted by molar-refractivity contribution is 5.27. The van der Waals surface area contributed by atoms with Crippen LogP contribution in [0.4, 0.5) is 0 Å². The van der Waals surface area contributed by atoms with E-state index in [-0.39, 0.29) is 0 Å². The van der Waals surface area contributed by atoms with E-state index in [2.05, 4.69) is 12.5 Å². The van der Waals surface area contributed by atoms with Gasteiger partial charge in [0.1, 0.15) is 0 Å². The largest absolute Gasteiger partial charge is 0.115 e. The van der Waals surface area contributed by atoms with E-state index < -0.39 is 0 Å². The van der Waals surface area contributed by atoms with Crippen molar-refractivity contribution in [3.05, 3.63) is 36.5 Å². The number of hydrogen-bond donors (Lipinski definition) is 0. The minimum atomic E-state index is 0.924. The summed E-state index contributed by atoms with van der Waals surface area (Å²) in [7, 11) is 0. The second-order valence-electron chi connectivity index (χ2n) is 1.61. The van der Waals surface area contributed by atoms with Crippen LogP contribution in [0.15, 0.2) is 36.5 Å². The number of rotatable bonds is 2. The Morgan fingerprint density at radius 3 is 2.67 bits per heavy atom. The molecule has 0 aliphatic rings. The molecule has 0 radical (unpaired) electrons. The van der Waals surface area contributed by atoms with E-state index in [1.165, 1.54) is 0 Å². The summed E-state index contributed by atoms with van der Waals surface area (Å²) in [5.74, 6) is 2.50. The lowest BCUT2D eigenvalue weighted by atomic mass is 10.3. The quantitative estimate of drug-likeness (QED) is 0.385. The molecule has 46 valence electrons. The van der Waals surface area contributed by atoms with Crippen LogP contribution in [0.3, 0.4) is 0 Å². The average molecular weight is 118 g/mol. The van der Waals surface area contributed by atoms with Crippen LogP contribution in [-0.4, -0.2) is 0 Å². The highest BCUT2D eigenvalue weighted by Gasteiger charge is 1.71. The van der Waals surface area contributed by atoms with Crippen LogP contribution in [0.5, 0.6) is 0 Å². The van der Waals surface area contributed by atoms with E-state index in [9.17, 15) is 0 Å². The van der Waals surface area contributed by atoms with Crippen LogP contribution in [0.25, 0.3) is 0 Å². The Bertz CT molecular complexity index is 175. The molecule has 0 amide bonds. The molecule has 0 nitrogen and oxygen atoms in total. The molecule has 0 unspecified atom stereocenters. The first-order valence-corrected chi connectivity index (χ1v) is 2.74. The molecule has 0 aromatic rings. The van der Waals surface area contributed by atoms with Crippen LogP contribution >= 0.6 is 0 Å². The molecule has 0 spiro atoms. The zero-order valence-corrected chi connectivity index (χ0v) is 5.59. The van der Waals surface area contributed by atoms with Crippen molar-refractivity contribution in [2.24, 2.45) is 0 Å². The predicted molar refractivity (Wildman–Crippen MR) is 41.9 cm³/mol. The summed E-state index contributed by atoms with van der Waals surface area (Å²) in [4.78, 5) is 0. The molecule has 0 heterocycles. The molecule has 0 aliphatic heterocycles. The van der Waals surface area contributed by atoms with Gasteiger partial charge >= 0.3 is 0 Å². The molecule has 0 heteroatoms. The molecular formula is C9H10. The molecule has 0 N–H and O–H groups in total. The Morgan fingerprint density at radius 2 is 2.22 bits per heavy atom. The zero-order valence-electron chi connectivity index (χ0n) is 5.59. The maximum atomic E-state index is 5.08. The standard InChI is InChI=1S/C9H10/c1-4-6-7-8-9(3)5-2/h2,4,6-8H,1H2,3H3/b7-6-,9-8+. The van der Waals surface area contributed by atoms with Crippen LogP contribution in [0.2, 0.25) is 0 Å². The van der Waals surface area contributed by atoms with Gasteiger partial charge in [-0.15, -0.1) is 6.42 Å². The zero-order chi connectivity index (χ0) is 7.11. The lowest BCUT2D eigenvalue weighted by molar-refractivity contribution is 1.58. The number of allylic oxidation sites excluding steroid dienone is 5. The van der Waals surface area contributed by atoms with Crippen molar-refractivity contribution >= 4 is 0 Å². The smallest absolute Gasteiger partial charge is 0.00135 e. The molecule has 0 rings (SSSR count). The first kappa shape index (κ1) is 7.78.